The molecule has 1 N–H and O–H groups in total. The molecule has 1 aromatic carbocycles. The summed E-state index contributed by atoms with van der Waals surface area (Å²) in [4.78, 5) is 4.48. The zero-order chi connectivity index (χ0) is 13.4. The van der Waals surface area contributed by atoms with Crippen molar-refractivity contribution in [3.63, 3.8) is 0 Å². The first-order valence-electron chi connectivity index (χ1n) is 5.88. The van der Waals surface area contributed by atoms with Gasteiger partial charge in [0.05, 0.1) is 18.5 Å². The van der Waals surface area contributed by atoms with Gasteiger partial charge in [-0.2, -0.15) is 9.61 Å². The molecule has 97 valence electrons. The predicted octanol–water partition coefficient (Wildman–Crippen LogP) is 2.04. The first-order valence-corrected chi connectivity index (χ1v) is 5.88. The monoisotopic (exact) mass is 278 g/mol. The molecule has 0 aliphatic carbocycles. The Morgan fingerprint density at radius 3 is 2.50 bits per heavy atom. The molecule has 0 aliphatic rings. The second kappa shape index (κ2) is 5.83. The van der Waals surface area contributed by atoms with Crippen LogP contribution in [0.25, 0.3) is 16.9 Å². The minimum atomic E-state index is 0. The van der Waals surface area contributed by atoms with Crippen molar-refractivity contribution in [3.05, 3.63) is 42.1 Å². The molecule has 0 fully saturated rings. The van der Waals surface area contributed by atoms with E-state index in [-0.39, 0.29) is 35.4 Å². The number of methoxy groups -OCH3 is 1. The van der Waals surface area contributed by atoms with E-state index in [1.807, 2.05) is 37.3 Å². The molecule has 0 amide bonds. The topological polar surface area (TPSA) is 59.7 Å². The third-order valence-electron chi connectivity index (χ3n) is 2.92. The Morgan fingerprint density at radius 1 is 1.15 bits per heavy atom. The van der Waals surface area contributed by atoms with Gasteiger partial charge in [-0.05, 0) is 31.2 Å². The molecule has 0 spiro atoms. The van der Waals surface area contributed by atoms with Gasteiger partial charge in [-0.15, -0.1) is 0 Å². The number of hydrogen-bond donors (Lipinski definition) is 1. The van der Waals surface area contributed by atoms with Gasteiger partial charge in [-0.25, -0.2) is 4.98 Å². The van der Waals surface area contributed by atoms with E-state index in [0.29, 0.717) is 11.3 Å². The van der Waals surface area contributed by atoms with E-state index >= 15 is 0 Å². The summed E-state index contributed by atoms with van der Waals surface area (Å²) in [6.45, 7) is 1.86. The van der Waals surface area contributed by atoms with E-state index in [9.17, 15) is 5.11 Å². The van der Waals surface area contributed by atoms with Crippen LogP contribution in [0.4, 0.5) is 0 Å². The van der Waals surface area contributed by atoms with Gasteiger partial charge in [-0.1, -0.05) is 0 Å². The number of aromatic hydroxyl groups is 1. The minimum absolute atomic E-state index is 0. The summed E-state index contributed by atoms with van der Waals surface area (Å²) in [5.41, 5.74) is 3.06. The molecule has 6 heteroatoms. The Kier molecular flexibility index (Phi) is 4.32. The van der Waals surface area contributed by atoms with Crippen LogP contribution in [0.5, 0.6) is 11.6 Å². The summed E-state index contributed by atoms with van der Waals surface area (Å²) in [5.74, 6) is 0.859. The maximum atomic E-state index is 9.96. The zero-order valence-corrected chi connectivity index (χ0v) is 13.7. The van der Waals surface area contributed by atoms with Gasteiger partial charge < -0.3 is 9.84 Å². The van der Waals surface area contributed by atoms with Crippen LogP contribution >= 0.6 is 0 Å². The predicted molar refractivity (Wildman–Crippen MR) is 77.1 cm³/mol. The number of aryl methyl sites for hydroxylation is 1. The molecule has 3 aromatic rings. The van der Waals surface area contributed by atoms with Crippen molar-refractivity contribution < 1.29 is 9.84 Å². The third-order valence-corrected chi connectivity index (χ3v) is 2.92. The molecule has 3 rings (SSSR count). The number of ether oxygens (including phenoxy) is 1. The van der Waals surface area contributed by atoms with Gasteiger partial charge in [0.15, 0.2) is 5.65 Å². The van der Waals surface area contributed by atoms with Crippen molar-refractivity contribution in [2.24, 2.45) is 0 Å². The van der Waals surface area contributed by atoms with Crippen LogP contribution in [0.15, 0.2) is 36.4 Å². The normalized spacial score (nSPS) is 10.3. The molecule has 0 unspecified atom stereocenters. The van der Waals surface area contributed by atoms with Crippen molar-refractivity contribution in [1.82, 2.24) is 14.6 Å². The fourth-order valence-electron chi connectivity index (χ4n) is 1.98. The molecular weight excluding hydrogens is 265 g/mol. The largest absolute Gasteiger partial charge is 0.497 e. The first-order chi connectivity index (χ1) is 9.17. The Hall–Kier alpha value is -1.56. The number of aromatic nitrogens is 3. The van der Waals surface area contributed by atoms with Crippen molar-refractivity contribution in [1.29, 1.82) is 0 Å². The molecule has 0 saturated carbocycles. The molecule has 0 bridgehead atoms. The van der Waals surface area contributed by atoms with E-state index < -0.39 is 0 Å². The summed E-state index contributed by atoms with van der Waals surface area (Å²) in [7, 11) is 1.63. The second-order valence-electron chi connectivity index (χ2n) is 4.28. The smallest absolute Gasteiger partial charge is 0.216 e. The molecule has 0 atom stereocenters. The Labute approximate surface area is 138 Å². The maximum Gasteiger partial charge on any atom is 0.216 e. The number of rotatable bonds is 2. The summed E-state index contributed by atoms with van der Waals surface area (Å²) >= 11 is 0. The average Bonchev–Trinajstić information content (AvgIpc) is 2.80. The number of hydrogen-bond acceptors (Lipinski definition) is 4. The van der Waals surface area contributed by atoms with Gasteiger partial charge in [0.25, 0.3) is 0 Å². The number of benzene rings is 1. The summed E-state index contributed by atoms with van der Waals surface area (Å²) in [6.07, 6.45) is 0. The molecule has 5 nitrogen and oxygen atoms in total. The molecule has 2 aromatic heterocycles. The van der Waals surface area contributed by atoms with Crippen LogP contribution in [-0.4, -0.2) is 56.4 Å². The van der Waals surface area contributed by atoms with Crippen LogP contribution in [-0.2, 0) is 0 Å². The second-order valence-corrected chi connectivity index (χ2v) is 4.28. The summed E-state index contributed by atoms with van der Waals surface area (Å²) in [6, 6.07) is 11.0. The van der Waals surface area contributed by atoms with Crippen molar-refractivity contribution in [2.75, 3.05) is 7.11 Å². The molecular formula is C14H13N3NaO2. The van der Waals surface area contributed by atoms with Crippen LogP contribution in [0.3, 0.4) is 0 Å². The molecule has 1 radical (unpaired) electrons. The SMILES string of the molecule is COc1ccc(-c2cc(O)n3nc(C)cc3n2)cc1.[Na]. The fourth-order valence-corrected chi connectivity index (χ4v) is 1.98. The van der Waals surface area contributed by atoms with Gasteiger partial charge in [-0.3, -0.25) is 0 Å². The van der Waals surface area contributed by atoms with Crippen LogP contribution in [0.2, 0.25) is 0 Å². The number of fused-ring (bicyclic) bond motifs is 1. The van der Waals surface area contributed by atoms with Gasteiger partial charge >= 0.3 is 0 Å². The van der Waals surface area contributed by atoms with Crippen molar-refractivity contribution in [2.45, 2.75) is 6.92 Å². The Balaban J connectivity index is 0.00000147. The van der Waals surface area contributed by atoms with Crippen LogP contribution in [0, 0.1) is 6.92 Å². The van der Waals surface area contributed by atoms with Gasteiger partial charge in [0.1, 0.15) is 5.75 Å². The molecule has 0 aliphatic heterocycles. The minimum Gasteiger partial charge on any atom is -0.497 e. The van der Waals surface area contributed by atoms with Crippen LogP contribution in [0.1, 0.15) is 5.69 Å². The molecule has 20 heavy (non-hydrogen) atoms. The average molecular weight is 278 g/mol. The standard InChI is InChI=1S/C14H13N3O2.Na/c1-9-7-13-15-12(8-14(18)17(13)16-9)10-3-5-11(19-2)6-4-10;/h3-8,18H,1-2H3;. The van der Waals surface area contributed by atoms with Crippen molar-refractivity contribution >= 4 is 35.2 Å². The summed E-state index contributed by atoms with van der Waals surface area (Å²) in [5, 5.41) is 14.1. The fraction of sp³-hybridized carbons (Fsp3) is 0.143. The zero-order valence-electron chi connectivity index (χ0n) is 11.7. The van der Waals surface area contributed by atoms with Gasteiger partial charge in [0.2, 0.25) is 5.88 Å². The molecule has 2 heterocycles. The van der Waals surface area contributed by atoms with Crippen LogP contribution < -0.4 is 4.74 Å². The van der Waals surface area contributed by atoms with E-state index in [4.69, 9.17) is 4.74 Å². The third kappa shape index (κ3) is 2.65. The summed E-state index contributed by atoms with van der Waals surface area (Å²) < 4.78 is 6.54. The van der Waals surface area contributed by atoms with E-state index in [1.54, 1.807) is 13.2 Å². The van der Waals surface area contributed by atoms with E-state index in [2.05, 4.69) is 10.1 Å². The Morgan fingerprint density at radius 2 is 1.85 bits per heavy atom. The van der Waals surface area contributed by atoms with Gasteiger partial charge in [0, 0.05) is 47.3 Å². The molecule has 0 saturated heterocycles. The van der Waals surface area contributed by atoms with E-state index in [1.165, 1.54) is 4.52 Å². The maximum absolute atomic E-state index is 9.96. The quantitative estimate of drug-likeness (QED) is 0.729. The van der Waals surface area contributed by atoms with E-state index in [0.717, 1.165) is 17.0 Å². The first kappa shape index (κ1) is 14.8. The Bertz CT molecular complexity index is 738. The number of nitrogens with zero attached hydrogens (tertiary/aromatic N) is 3. The van der Waals surface area contributed by atoms with Crippen molar-refractivity contribution in [3.8, 4) is 22.9 Å².